The Morgan fingerprint density at radius 3 is 3.09 bits per heavy atom. The monoisotopic (exact) mass is 380 g/mol. The second-order valence-electron chi connectivity index (χ2n) is 4.97. The van der Waals surface area contributed by atoms with Crippen LogP contribution in [0.15, 0.2) is 27.8 Å². The van der Waals surface area contributed by atoms with E-state index < -0.39 is 0 Å². The minimum absolute atomic E-state index is 0.0145. The Morgan fingerprint density at radius 1 is 1.50 bits per heavy atom. The fourth-order valence-corrected chi connectivity index (χ4v) is 3.06. The predicted octanol–water partition coefficient (Wildman–Crippen LogP) is 3.71. The first kappa shape index (κ1) is 15.0. The average molecular weight is 382 g/mol. The number of nitrogens with zero attached hydrogens (tertiary/aromatic N) is 6. The summed E-state index contributed by atoms with van der Waals surface area (Å²) >= 11 is 9.38. The number of amides is 1. The highest BCUT2D eigenvalue weighted by Gasteiger charge is 2.32. The molecule has 9 heteroatoms. The molecule has 1 amide bonds. The Kier molecular flexibility index (Phi) is 4.15. The molecule has 1 aliphatic heterocycles. The summed E-state index contributed by atoms with van der Waals surface area (Å²) in [5.41, 5.74) is 9.07. The van der Waals surface area contributed by atoms with Gasteiger partial charge in [0.05, 0.1) is 5.52 Å². The lowest BCUT2D eigenvalue weighted by Crippen LogP contribution is -2.26. The van der Waals surface area contributed by atoms with E-state index in [9.17, 15) is 4.79 Å². The lowest BCUT2D eigenvalue weighted by molar-refractivity contribution is -0.117. The van der Waals surface area contributed by atoms with E-state index in [0.29, 0.717) is 30.8 Å². The number of hydrogen-bond acceptors (Lipinski definition) is 4. The SMILES string of the molecule is [N-]=[N+]=NCC1CC(=O)N(c2nc(Cl)nc3ccc(Br)cc23)C1. The minimum atomic E-state index is -0.0609. The van der Waals surface area contributed by atoms with Gasteiger partial charge in [0.2, 0.25) is 11.2 Å². The molecule has 112 valence electrons. The number of azide groups is 1. The van der Waals surface area contributed by atoms with Crippen molar-refractivity contribution in [2.24, 2.45) is 11.0 Å². The molecule has 0 bridgehead atoms. The molecule has 7 nitrogen and oxygen atoms in total. The molecule has 0 aliphatic carbocycles. The van der Waals surface area contributed by atoms with Gasteiger partial charge in [-0.15, -0.1) is 0 Å². The Hall–Kier alpha value is -1.89. The van der Waals surface area contributed by atoms with Crippen LogP contribution in [-0.2, 0) is 4.79 Å². The van der Waals surface area contributed by atoms with Crippen molar-refractivity contribution in [1.82, 2.24) is 9.97 Å². The van der Waals surface area contributed by atoms with Crippen molar-refractivity contribution >= 4 is 50.2 Å². The van der Waals surface area contributed by atoms with Crippen LogP contribution in [0.2, 0.25) is 5.28 Å². The van der Waals surface area contributed by atoms with Gasteiger partial charge in [0.25, 0.3) is 0 Å². The molecular formula is C13H10BrClN6O. The maximum absolute atomic E-state index is 12.3. The summed E-state index contributed by atoms with van der Waals surface area (Å²) in [6, 6.07) is 5.52. The fraction of sp³-hybridized carbons (Fsp3) is 0.308. The van der Waals surface area contributed by atoms with Crippen molar-refractivity contribution in [1.29, 1.82) is 0 Å². The average Bonchev–Trinajstić information content (AvgIpc) is 2.85. The molecule has 1 fully saturated rings. The zero-order valence-corrected chi connectivity index (χ0v) is 13.6. The van der Waals surface area contributed by atoms with E-state index in [4.69, 9.17) is 17.1 Å². The lowest BCUT2D eigenvalue weighted by Gasteiger charge is -2.17. The molecule has 1 aromatic heterocycles. The topological polar surface area (TPSA) is 94.9 Å². The number of carbonyl (C=O) groups excluding carboxylic acids is 1. The van der Waals surface area contributed by atoms with E-state index in [0.717, 1.165) is 9.86 Å². The number of fused-ring (bicyclic) bond motifs is 1. The summed E-state index contributed by atoms with van der Waals surface area (Å²) in [7, 11) is 0. The van der Waals surface area contributed by atoms with Crippen LogP contribution in [0.4, 0.5) is 5.82 Å². The van der Waals surface area contributed by atoms with Crippen molar-refractivity contribution in [3.63, 3.8) is 0 Å². The van der Waals surface area contributed by atoms with Gasteiger partial charge in [0, 0.05) is 34.3 Å². The minimum Gasteiger partial charge on any atom is -0.296 e. The number of aromatic nitrogens is 2. The molecule has 1 aliphatic rings. The van der Waals surface area contributed by atoms with E-state index in [1.807, 2.05) is 18.2 Å². The van der Waals surface area contributed by atoms with Crippen molar-refractivity contribution in [2.45, 2.75) is 6.42 Å². The standard InChI is InChI=1S/C13H10BrClN6O/c14-8-1-2-10-9(4-8)12(19-13(15)18-10)21-6-7(3-11(21)22)5-17-20-16/h1-2,4,7H,3,5-6H2. The number of benzene rings is 1. The second kappa shape index (κ2) is 6.08. The molecule has 0 radical (unpaired) electrons. The summed E-state index contributed by atoms with van der Waals surface area (Å²) in [6.07, 6.45) is 0.330. The van der Waals surface area contributed by atoms with Crippen LogP contribution < -0.4 is 4.90 Å². The van der Waals surface area contributed by atoms with Gasteiger partial charge in [0.1, 0.15) is 5.82 Å². The van der Waals surface area contributed by atoms with E-state index in [-0.39, 0.29) is 17.1 Å². The molecule has 1 atom stereocenters. The number of halogens is 2. The molecule has 2 heterocycles. The van der Waals surface area contributed by atoms with Gasteiger partial charge in [-0.25, -0.2) is 4.98 Å². The number of anilines is 1. The molecule has 3 rings (SSSR count). The third-order valence-electron chi connectivity index (χ3n) is 3.47. The maximum atomic E-state index is 12.3. The van der Waals surface area contributed by atoms with E-state index in [1.165, 1.54) is 0 Å². The Balaban J connectivity index is 2.04. The second-order valence-corrected chi connectivity index (χ2v) is 6.22. The smallest absolute Gasteiger partial charge is 0.228 e. The van der Waals surface area contributed by atoms with Gasteiger partial charge in [0.15, 0.2) is 0 Å². The van der Waals surface area contributed by atoms with Gasteiger partial charge in [-0.1, -0.05) is 21.0 Å². The third-order valence-corrected chi connectivity index (χ3v) is 4.14. The van der Waals surface area contributed by atoms with Gasteiger partial charge in [-0.3, -0.25) is 9.69 Å². The van der Waals surface area contributed by atoms with Crippen LogP contribution in [0.1, 0.15) is 6.42 Å². The highest BCUT2D eigenvalue weighted by Crippen LogP contribution is 2.32. The zero-order valence-electron chi connectivity index (χ0n) is 11.3. The summed E-state index contributed by atoms with van der Waals surface area (Å²) in [4.78, 5) is 25.0. The largest absolute Gasteiger partial charge is 0.296 e. The fourth-order valence-electron chi connectivity index (χ4n) is 2.52. The Morgan fingerprint density at radius 2 is 2.32 bits per heavy atom. The van der Waals surface area contributed by atoms with Crippen LogP contribution in [0.3, 0.4) is 0 Å². The molecular weight excluding hydrogens is 372 g/mol. The van der Waals surface area contributed by atoms with Gasteiger partial charge in [-0.2, -0.15) is 4.98 Å². The van der Waals surface area contributed by atoms with Crippen molar-refractivity contribution in [3.8, 4) is 0 Å². The van der Waals surface area contributed by atoms with Crippen LogP contribution in [-0.4, -0.2) is 29.0 Å². The highest BCUT2D eigenvalue weighted by molar-refractivity contribution is 9.10. The summed E-state index contributed by atoms with van der Waals surface area (Å²) in [5.74, 6) is 0.415. The van der Waals surface area contributed by atoms with Crippen molar-refractivity contribution in [3.05, 3.63) is 38.4 Å². The van der Waals surface area contributed by atoms with E-state index in [1.54, 1.807) is 4.90 Å². The first-order chi connectivity index (χ1) is 10.6. The molecule has 22 heavy (non-hydrogen) atoms. The number of hydrogen-bond donors (Lipinski definition) is 0. The molecule has 0 N–H and O–H groups in total. The first-order valence-electron chi connectivity index (χ1n) is 6.52. The summed E-state index contributed by atoms with van der Waals surface area (Å²) in [6.45, 7) is 0.742. The number of rotatable bonds is 3. The zero-order chi connectivity index (χ0) is 15.7. The van der Waals surface area contributed by atoms with Crippen LogP contribution in [0.25, 0.3) is 21.3 Å². The highest BCUT2D eigenvalue weighted by atomic mass is 79.9. The van der Waals surface area contributed by atoms with Gasteiger partial charge < -0.3 is 0 Å². The molecule has 1 saturated heterocycles. The van der Waals surface area contributed by atoms with Crippen molar-refractivity contribution in [2.75, 3.05) is 18.0 Å². The molecule has 2 aromatic rings. The van der Waals surface area contributed by atoms with Crippen LogP contribution in [0, 0.1) is 5.92 Å². The first-order valence-corrected chi connectivity index (χ1v) is 7.69. The van der Waals surface area contributed by atoms with Gasteiger partial charge in [-0.05, 0) is 41.2 Å². The quantitative estimate of drug-likeness (QED) is 0.351. The Bertz CT molecular complexity index is 806. The van der Waals surface area contributed by atoms with Crippen LogP contribution >= 0.6 is 27.5 Å². The lowest BCUT2D eigenvalue weighted by atomic mass is 10.1. The van der Waals surface area contributed by atoms with Crippen LogP contribution in [0.5, 0.6) is 0 Å². The summed E-state index contributed by atoms with van der Waals surface area (Å²) < 4.78 is 0.865. The molecule has 1 aromatic carbocycles. The maximum Gasteiger partial charge on any atom is 0.228 e. The third kappa shape index (κ3) is 2.85. The van der Waals surface area contributed by atoms with E-state index >= 15 is 0 Å². The molecule has 1 unspecified atom stereocenters. The molecule has 0 saturated carbocycles. The Labute approximate surface area is 139 Å². The number of carbonyl (C=O) groups is 1. The molecule has 0 spiro atoms. The van der Waals surface area contributed by atoms with E-state index in [2.05, 4.69) is 35.9 Å². The summed E-state index contributed by atoms with van der Waals surface area (Å²) in [5, 5.41) is 4.39. The van der Waals surface area contributed by atoms with Crippen molar-refractivity contribution < 1.29 is 4.79 Å². The normalized spacial score (nSPS) is 17.8. The van der Waals surface area contributed by atoms with Gasteiger partial charge >= 0.3 is 0 Å². The predicted molar refractivity (Wildman–Crippen MR) is 86.7 cm³/mol.